The summed E-state index contributed by atoms with van der Waals surface area (Å²) in [5.74, 6) is -2.96. The standard InChI is InChI=1S/C23H23ClF2N4O2/c1-4-29(13-20(31)28-21-18(25)9-6-10-19(21)26)23(32)17-12-27-30(22(17)14(2)3)16-8-5-7-15(24)11-16/h5-12,14H,4,13H2,1-3H3,(H,28,31). The van der Waals surface area contributed by atoms with Crippen molar-refractivity contribution >= 4 is 29.1 Å². The van der Waals surface area contributed by atoms with E-state index in [2.05, 4.69) is 10.4 Å². The van der Waals surface area contributed by atoms with Crippen molar-refractivity contribution in [2.75, 3.05) is 18.4 Å². The van der Waals surface area contributed by atoms with Gasteiger partial charge in [-0.1, -0.05) is 37.6 Å². The number of likely N-dealkylation sites (N-methyl/N-ethyl adjacent to an activating group) is 1. The monoisotopic (exact) mass is 460 g/mol. The summed E-state index contributed by atoms with van der Waals surface area (Å²) in [6.45, 7) is 5.41. The number of hydrogen-bond acceptors (Lipinski definition) is 3. The van der Waals surface area contributed by atoms with Gasteiger partial charge in [0.05, 0.1) is 23.1 Å². The lowest BCUT2D eigenvalue weighted by Crippen LogP contribution is -2.38. The third-order valence-electron chi connectivity index (χ3n) is 4.87. The molecule has 2 amide bonds. The highest BCUT2D eigenvalue weighted by molar-refractivity contribution is 6.30. The third kappa shape index (κ3) is 4.96. The van der Waals surface area contributed by atoms with E-state index in [4.69, 9.17) is 11.6 Å². The number of carbonyl (C=O) groups excluding carboxylic acids is 2. The number of para-hydroxylation sites is 1. The number of hydrogen-bond donors (Lipinski definition) is 1. The number of benzene rings is 2. The maximum absolute atomic E-state index is 13.8. The van der Waals surface area contributed by atoms with Gasteiger partial charge >= 0.3 is 0 Å². The second-order valence-corrected chi connectivity index (χ2v) is 7.89. The van der Waals surface area contributed by atoms with Crippen LogP contribution in [-0.2, 0) is 4.79 Å². The zero-order valence-corrected chi connectivity index (χ0v) is 18.7. The fourth-order valence-electron chi connectivity index (χ4n) is 3.36. The lowest BCUT2D eigenvalue weighted by molar-refractivity contribution is -0.116. The van der Waals surface area contributed by atoms with E-state index in [1.807, 2.05) is 19.9 Å². The van der Waals surface area contributed by atoms with Crippen LogP contribution >= 0.6 is 11.6 Å². The first-order valence-electron chi connectivity index (χ1n) is 10.1. The Hall–Kier alpha value is -3.26. The molecule has 6 nitrogen and oxygen atoms in total. The SMILES string of the molecule is CCN(CC(=O)Nc1c(F)cccc1F)C(=O)c1cnn(-c2cccc(Cl)c2)c1C(C)C. The summed E-state index contributed by atoms with van der Waals surface area (Å²) in [7, 11) is 0. The van der Waals surface area contributed by atoms with Gasteiger partial charge < -0.3 is 10.2 Å². The molecule has 1 N–H and O–H groups in total. The number of nitrogens with zero attached hydrogens (tertiary/aromatic N) is 3. The highest BCUT2D eigenvalue weighted by Crippen LogP contribution is 2.26. The van der Waals surface area contributed by atoms with Crippen LogP contribution < -0.4 is 5.32 Å². The molecule has 32 heavy (non-hydrogen) atoms. The number of carbonyl (C=O) groups is 2. The van der Waals surface area contributed by atoms with Gasteiger partial charge in [-0.3, -0.25) is 9.59 Å². The smallest absolute Gasteiger partial charge is 0.257 e. The summed E-state index contributed by atoms with van der Waals surface area (Å²) in [5.41, 5.74) is 1.16. The lowest BCUT2D eigenvalue weighted by atomic mass is 10.0. The molecule has 0 bridgehead atoms. The van der Waals surface area contributed by atoms with Crippen LogP contribution in [0.2, 0.25) is 5.02 Å². The number of nitrogens with one attached hydrogen (secondary N) is 1. The zero-order valence-electron chi connectivity index (χ0n) is 17.9. The van der Waals surface area contributed by atoms with E-state index < -0.39 is 29.1 Å². The minimum atomic E-state index is -0.891. The van der Waals surface area contributed by atoms with Crippen molar-refractivity contribution in [2.24, 2.45) is 0 Å². The van der Waals surface area contributed by atoms with Gasteiger partial charge in [0, 0.05) is 11.6 Å². The van der Waals surface area contributed by atoms with Gasteiger partial charge in [0.1, 0.15) is 23.9 Å². The van der Waals surface area contributed by atoms with Crippen molar-refractivity contribution in [3.8, 4) is 5.69 Å². The summed E-state index contributed by atoms with van der Waals surface area (Å²) in [5, 5.41) is 7.11. The van der Waals surface area contributed by atoms with E-state index >= 15 is 0 Å². The van der Waals surface area contributed by atoms with Crippen LogP contribution in [0.15, 0.2) is 48.7 Å². The Kier molecular flexibility index (Phi) is 7.25. The van der Waals surface area contributed by atoms with Crippen molar-refractivity contribution in [1.29, 1.82) is 0 Å². The van der Waals surface area contributed by atoms with Crippen LogP contribution in [0.25, 0.3) is 5.69 Å². The van der Waals surface area contributed by atoms with Crippen molar-refractivity contribution in [1.82, 2.24) is 14.7 Å². The molecule has 3 rings (SSSR count). The summed E-state index contributed by atoms with van der Waals surface area (Å²) in [6.07, 6.45) is 1.45. The molecule has 0 fully saturated rings. The molecule has 2 aromatic carbocycles. The molecule has 3 aromatic rings. The maximum atomic E-state index is 13.8. The number of halogens is 3. The summed E-state index contributed by atoms with van der Waals surface area (Å²) in [4.78, 5) is 27.0. The molecule has 0 aliphatic rings. The molecule has 0 saturated carbocycles. The van der Waals surface area contributed by atoms with E-state index in [1.165, 1.54) is 17.2 Å². The Labute approximate surface area is 189 Å². The minimum Gasteiger partial charge on any atom is -0.329 e. The number of rotatable bonds is 7. The first kappa shape index (κ1) is 23.4. The van der Waals surface area contributed by atoms with Crippen LogP contribution in [-0.4, -0.2) is 39.6 Å². The molecule has 1 heterocycles. The van der Waals surface area contributed by atoms with Gasteiger partial charge in [-0.05, 0) is 43.2 Å². The highest BCUT2D eigenvalue weighted by atomic mass is 35.5. The Morgan fingerprint density at radius 3 is 2.41 bits per heavy atom. The normalized spacial score (nSPS) is 11.0. The van der Waals surface area contributed by atoms with E-state index in [0.29, 0.717) is 22.0 Å². The van der Waals surface area contributed by atoms with E-state index in [1.54, 1.807) is 29.8 Å². The number of anilines is 1. The first-order chi connectivity index (χ1) is 15.2. The Bertz CT molecular complexity index is 1130. The summed E-state index contributed by atoms with van der Waals surface area (Å²) >= 11 is 6.10. The molecule has 0 radical (unpaired) electrons. The predicted molar refractivity (Wildman–Crippen MR) is 119 cm³/mol. The molecular formula is C23H23ClF2N4O2. The van der Waals surface area contributed by atoms with Crippen molar-refractivity contribution < 1.29 is 18.4 Å². The van der Waals surface area contributed by atoms with Crippen molar-refractivity contribution in [3.63, 3.8) is 0 Å². The van der Waals surface area contributed by atoms with Gasteiger partial charge in [0.25, 0.3) is 5.91 Å². The average molecular weight is 461 g/mol. The number of aromatic nitrogens is 2. The largest absolute Gasteiger partial charge is 0.329 e. The summed E-state index contributed by atoms with van der Waals surface area (Å²) < 4.78 is 29.3. The fourth-order valence-corrected chi connectivity index (χ4v) is 3.54. The molecule has 0 atom stereocenters. The lowest BCUT2D eigenvalue weighted by Gasteiger charge is -2.21. The molecule has 0 spiro atoms. The van der Waals surface area contributed by atoms with Gasteiger partial charge in [-0.25, -0.2) is 13.5 Å². The van der Waals surface area contributed by atoms with Gasteiger partial charge in [-0.15, -0.1) is 0 Å². The summed E-state index contributed by atoms with van der Waals surface area (Å²) in [6, 6.07) is 10.4. The molecule has 0 aliphatic heterocycles. The highest BCUT2D eigenvalue weighted by Gasteiger charge is 2.26. The molecule has 1 aromatic heterocycles. The van der Waals surface area contributed by atoms with Crippen molar-refractivity contribution in [2.45, 2.75) is 26.7 Å². The Morgan fingerprint density at radius 1 is 1.16 bits per heavy atom. The van der Waals surface area contributed by atoms with Crippen LogP contribution in [0.5, 0.6) is 0 Å². The van der Waals surface area contributed by atoms with Gasteiger partial charge in [0.15, 0.2) is 0 Å². The first-order valence-corrected chi connectivity index (χ1v) is 10.5. The molecular weight excluding hydrogens is 438 g/mol. The van der Waals surface area contributed by atoms with Gasteiger partial charge in [-0.2, -0.15) is 5.10 Å². The van der Waals surface area contributed by atoms with E-state index in [-0.39, 0.29) is 19.0 Å². The molecule has 0 unspecified atom stereocenters. The second kappa shape index (κ2) is 9.91. The molecule has 0 saturated heterocycles. The topological polar surface area (TPSA) is 67.2 Å². The number of amides is 2. The van der Waals surface area contributed by atoms with Crippen LogP contribution in [0.1, 0.15) is 42.7 Å². The molecule has 0 aliphatic carbocycles. The zero-order chi connectivity index (χ0) is 23.4. The minimum absolute atomic E-state index is 0.0597. The van der Waals surface area contributed by atoms with E-state index in [0.717, 1.165) is 12.1 Å². The maximum Gasteiger partial charge on any atom is 0.257 e. The predicted octanol–water partition coefficient (Wildman–Crippen LogP) is 5.03. The Morgan fingerprint density at radius 2 is 1.81 bits per heavy atom. The average Bonchev–Trinajstić information content (AvgIpc) is 3.20. The fraction of sp³-hybridized carbons (Fsp3) is 0.261. The molecule has 9 heteroatoms. The quantitative estimate of drug-likeness (QED) is 0.538. The third-order valence-corrected chi connectivity index (χ3v) is 5.10. The van der Waals surface area contributed by atoms with Gasteiger partial charge in [0.2, 0.25) is 5.91 Å². The Balaban J connectivity index is 1.86. The van der Waals surface area contributed by atoms with E-state index in [9.17, 15) is 18.4 Å². The van der Waals surface area contributed by atoms with Crippen LogP contribution in [0, 0.1) is 11.6 Å². The second-order valence-electron chi connectivity index (χ2n) is 7.45. The van der Waals surface area contributed by atoms with Crippen molar-refractivity contribution in [3.05, 3.63) is 76.6 Å². The van der Waals surface area contributed by atoms with Crippen LogP contribution in [0.3, 0.4) is 0 Å². The molecule has 168 valence electrons. The van der Waals surface area contributed by atoms with Crippen LogP contribution in [0.4, 0.5) is 14.5 Å².